The Morgan fingerprint density at radius 2 is 2.50 bits per heavy atom. The first-order chi connectivity index (χ1) is 6.77. The molecule has 14 heavy (non-hydrogen) atoms. The van der Waals surface area contributed by atoms with Gasteiger partial charge < -0.3 is 9.88 Å². The van der Waals surface area contributed by atoms with Crippen LogP contribution in [-0.4, -0.2) is 15.6 Å². The molecule has 0 bridgehead atoms. The van der Waals surface area contributed by atoms with E-state index in [9.17, 15) is 0 Å². The standard InChI is InChI=1S/C10H16N4/c1-3-14-7-6-12-10(14)8-13-9(2)4-5-11/h6-7,9,13H,3-4,8H2,1-2H3/t9-/m1/s1. The summed E-state index contributed by atoms with van der Waals surface area (Å²) in [5.74, 6) is 1.03. The summed E-state index contributed by atoms with van der Waals surface area (Å²) < 4.78 is 2.09. The van der Waals surface area contributed by atoms with Crippen LogP contribution in [0, 0.1) is 11.3 Å². The third kappa shape index (κ3) is 2.86. The predicted molar refractivity (Wildman–Crippen MR) is 54.4 cm³/mol. The minimum atomic E-state index is 0.224. The number of aromatic nitrogens is 2. The first kappa shape index (κ1) is 10.7. The van der Waals surface area contributed by atoms with Crippen molar-refractivity contribution in [3.8, 4) is 6.07 Å². The van der Waals surface area contributed by atoms with E-state index < -0.39 is 0 Å². The maximum absolute atomic E-state index is 8.48. The van der Waals surface area contributed by atoms with Gasteiger partial charge in [0.2, 0.25) is 0 Å². The van der Waals surface area contributed by atoms with Crippen LogP contribution in [0.5, 0.6) is 0 Å². The van der Waals surface area contributed by atoms with Crippen LogP contribution in [-0.2, 0) is 13.1 Å². The lowest BCUT2D eigenvalue weighted by Crippen LogP contribution is -2.26. The third-order valence-corrected chi connectivity index (χ3v) is 2.15. The van der Waals surface area contributed by atoms with Crippen molar-refractivity contribution >= 4 is 0 Å². The van der Waals surface area contributed by atoms with Crippen LogP contribution >= 0.6 is 0 Å². The summed E-state index contributed by atoms with van der Waals surface area (Å²) in [4.78, 5) is 4.24. The predicted octanol–water partition coefficient (Wildman–Crippen LogP) is 1.29. The van der Waals surface area contributed by atoms with Crippen LogP contribution in [0.15, 0.2) is 12.4 Å². The van der Waals surface area contributed by atoms with Crippen molar-refractivity contribution in [1.82, 2.24) is 14.9 Å². The summed E-state index contributed by atoms with van der Waals surface area (Å²) in [5.41, 5.74) is 0. The number of rotatable bonds is 5. The van der Waals surface area contributed by atoms with Crippen molar-refractivity contribution in [3.05, 3.63) is 18.2 Å². The maximum Gasteiger partial charge on any atom is 0.122 e. The molecule has 0 aromatic carbocycles. The molecular formula is C10H16N4. The summed E-state index contributed by atoms with van der Waals surface area (Å²) in [6, 6.07) is 2.36. The van der Waals surface area contributed by atoms with E-state index in [2.05, 4.69) is 27.9 Å². The van der Waals surface area contributed by atoms with Crippen LogP contribution in [0.3, 0.4) is 0 Å². The summed E-state index contributed by atoms with van der Waals surface area (Å²) in [6.45, 7) is 5.75. The minimum absolute atomic E-state index is 0.224. The zero-order valence-corrected chi connectivity index (χ0v) is 8.70. The number of nitrogens with one attached hydrogen (secondary N) is 1. The summed E-state index contributed by atoms with van der Waals surface area (Å²) in [6.07, 6.45) is 4.30. The van der Waals surface area contributed by atoms with Gasteiger partial charge in [0, 0.05) is 25.0 Å². The van der Waals surface area contributed by atoms with Crippen molar-refractivity contribution in [2.24, 2.45) is 0 Å². The van der Waals surface area contributed by atoms with E-state index in [4.69, 9.17) is 5.26 Å². The highest BCUT2D eigenvalue weighted by molar-refractivity contribution is 4.92. The van der Waals surface area contributed by atoms with Gasteiger partial charge in [-0.3, -0.25) is 0 Å². The van der Waals surface area contributed by atoms with Gasteiger partial charge in [-0.15, -0.1) is 0 Å². The molecule has 1 heterocycles. The first-order valence-corrected chi connectivity index (χ1v) is 4.88. The number of nitrogens with zero attached hydrogens (tertiary/aromatic N) is 3. The Balaban J connectivity index is 2.42. The fraction of sp³-hybridized carbons (Fsp3) is 0.600. The van der Waals surface area contributed by atoms with E-state index in [1.54, 1.807) is 6.20 Å². The third-order valence-electron chi connectivity index (χ3n) is 2.15. The van der Waals surface area contributed by atoms with Crippen LogP contribution in [0.4, 0.5) is 0 Å². The topological polar surface area (TPSA) is 53.6 Å². The van der Waals surface area contributed by atoms with E-state index in [0.717, 1.165) is 18.9 Å². The second-order valence-electron chi connectivity index (χ2n) is 3.27. The summed E-state index contributed by atoms with van der Waals surface area (Å²) in [7, 11) is 0. The highest BCUT2D eigenvalue weighted by Gasteiger charge is 2.03. The Labute approximate surface area is 84.6 Å². The molecule has 1 atom stereocenters. The number of hydrogen-bond acceptors (Lipinski definition) is 3. The molecule has 76 valence electrons. The van der Waals surface area contributed by atoms with E-state index in [-0.39, 0.29) is 6.04 Å². The Hall–Kier alpha value is -1.34. The van der Waals surface area contributed by atoms with Gasteiger partial charge in [0.1, 0.15) is 5.82 Å². The Morgan fingerprint density at radius 3 is 3.14 bits per heavy atom. The van der Waals surface area contributed by atoms with Crippen LogP contribution in [0.25, 0.3) is 0 Å². The van der Waals surface area contributed by atoms with E-state index >= 15 is 0 Å². The molecule has 1 aromatic rings. The number of imidazole rings is 1. The molecule has 0 aliphatic carbocycles. The highest BCUT2D eigenvalue weighted by Crippen LogP contribution is 1.98. The lowest BCUT2D eigenvalue weighted by atomic mass is 10.2. The van der Waals surface area contributed by atoms with Gasteiger partial charge in [0.05, 0.1) is 19.0 Å². The summed E-state index contributed by atoms with van der Waals surface area (Å²) in [5, 5.41) is 11.7. The fourth-order valence-corrected chi connectivity index (χ4v) is 1.27. The van der Waals surface area contributed by atoms with Gasteiger partial charge in [-0.25, -0.2) is 4.98 Å². The number of nitriles is 1. The minimum Gasteiger partial charge on any atom is -0.334 e. The van der Waals surface area contributed by atoms with Gasteiger partial charge in [0.25, 0.3) is 0 Å². The molecule has 1 N–H and O–H groups in total. The molecule has 4 heteroatoms. The molecule has 0 aliphatic heterocycles. The largest absolute Gasteiger partial charge is 0.334 e. The molecule has 4 nitrogen and oxygen atoms in total. The fourth-order valence-electron chi connectivity index (χ4n) is 1.27. The van der Waals surface area contributed by atoms with Gasteiger partial charge in [-0.1, -0.05) is 0 Å². The van der Waals surface area contributed by atoms with E-state index in [1.807, 2.05) is 13.1 Å². The Morgan fingerprint density at radius 1 is 1.71 bits per heavy atom. The van der Waals surface area contributed by atoms with Gasteiger partial charge >= 0.3 is 0 Å². The second kappa shape index (κ2) is 5.40. The molecular weight excluding hydrogens is 176 g/mol. The van der Waals surface area contributed by atoms with Crippen molar-refractivity contribution in [2.75, 3.05) is 0 Å². The number of hydrogen-bond donors (Lipinski definition) is 1. The van der Waals surface area contributed by atoms with Crippen molar-refractivity contribution in [2.45, 2.75) is 39.4 Å². The quantitative estimate of drug-likeness (QED) is 0.765. The molecule has 0 fully saturated rings. The van der Waals surface area contributed by atoms with Gasteiger partial charge in [-0.05, 0) is 13.8 Å². The van der Waals surface area contributed by atoms with Crippen molar-refractivity contribution in [1.29, 1.82) is 5.26 Å². The summed E-state index contributed by atoms with van der Waals surface area (Å²) >= 11 is 0. The molecule has 0 radical (unpaired) electrons. The molecule has 0 saturated carbocycles. The smallest absolute Gasteiger partial charge is 0.122 e. The molecule has 0 saturated heterocycles. The van der Waals surface area contributed by atoms with E-state index in [1.165, 1.54) is 0 Å². The molecule has 0 spiro atoms. The molecule has 1 rings (SSSR count). The number of aryl methyl sites for hydroxylation is 1. The average Bonchev–Trinajstić information content (AvgIpc) is 2.62. The zero-order chi connectivity index (χ0) is 10.4. The van der Waals surface area contributed by atoms with Crippen molar-refractivity contribution < 1.29 is 0 Å². The van der Waals surface area contributed by atoms with Crippen LogP contribution < -0.4 is 5.32 Å². The average molecular weight is 192 g/mol. The molecule has 0 aliphatic rings. The molecule has 1 aromatic heterocycles. The van der Waals surface area contributed by atoms with Crippen LogP contribution in [0.1, 0.15) is 26.1 Å². The molecule has 0 unspecified atom stereocenters. The molecule has 0 amide bonds. The Kier molecular flexibility index (Phi) is 4.14. The SMILES string of the molecule is CCn1ccnc1CN[C@H](C)CC#N. The lowest BCUT2D eigenvalue weighted by Gasteiger charge is -2.10. The first-order valence-electron chi connectivity index (χ1n) is 4.88. The second-order valence-corrected chi connectivity index (χ2v) is 3.27. The van der Waals surface area contributed by atoms with Crippen molar-refractivity contribution in [3.63, 3.8) is 0 Å². The zero-order valence-electron chi connectivity index (χ0n) is 8.70. The monoisotopic (exact) mass is 192 g/mol. The van der Waals surface area contributed by atoms with Gasteiger partial charge in [0.15, 0.2) is 0 Å². The normalized spacial score (nSPS) is 12.4. The Bertz CT molecular complexity index is 310. The maximum atomic E-state index is 8.48. The van der Waals surface area contributed by atoms with E-state index in [0.29, 0.717) is 6.42 Å². The van der Waals surface area contributed by atoms with Gasteiger partial charge in [-0.2, -0.15) is 5.26 Å². The van der Waals surface area contributed by atoms with Crippen LogP contribution in [0.2, 0.25) is 0 Å². The lowest BCUT2D eigenvalue weighted by molar-refractivity contribution is 0.528. The highest BCUT2D eigenvalue weighted by atomic mass is 15.1.